The van der Waals surface area contributed by atoms with E-state index in [9.17, 15) is 9.59 Å². The van der Waals surface area contributed by atoms with Crippen LogP contribution in [-0.4, -0.2) is 48.4 Å². The van der Waals surface area contributed by atoms with Crippen LogP contribution in [0.5, 0.6) is 0 Å². The zero-order chi connectivity index (χ0) is 15.4. The first-order valence-corrected chi connectivity index (χ1v) is 8.99. The fourth-order valence-corrected chi connectivity index (χ4v) is 3.94. The number of hydrogen-bond acceptors (Lipinski definition) is 4. The number of carbonyl (C=O) groups is 2. The van der Waals surface area contributed by atoms with Crippen molar-refractivity contribution < 1.29 is 9.59 Å². The van der Waals surface area contributed by atoms with E-state index in [1.807, 2.05) is 17.5 Å². The summed E-state index contributed by atoms with van der Waals surface area (Å²) in [5.41, 5.74) is 0. The summed E-state index contributed by atoms with van der Waals surface area (Å²) in [5, 5.41) is 8.34. The van der Waals surface area contributed by atoms with Crippen molar-refractivity contribution in [2.75, 3.05) is 19.6 Å². The fraction of sp³-hybridized carbons (Fsp3) is 0.625. The minimum absolute atomic E-state index is 0. The van der Waals surface area contributed by atoms with Gasteiger partial charge >= 0.3 is 0 Å². The highest BCUT2D eigenvalue weighted by molar-refractivity contribution is 7.12. The van der Waals surface area contributed by atoms with E-state index in [0.29, 0.717) is 6.54 Å². The predicted octanol–water partition coefficient (Wildman–Crippen LogP) is 2.03. The highest BCUT2D eigenvalue weighted by atomic mass is 35.5. The van der Waals surface area contributed by atoms with Gasteiger partial charge in [-0.05, 0) is 50.1 Å². The van der Waals surface area contributed by atoms with E-state index in [0.717, 1.165) is 50.1 Å². The zero-order valence-electron chi connectivity index (χ0n) is 13.1. The molecule has 1 aromatic rings. The Hall–Kier alpha value is -1.11. The maximum atomic E-state index is 12.6. The first-order valence-electron chi connectivity index (χ1n) is 8.11. The molecule has 7 heteroatoms. The van der Waals surface area contributed by atoms with E-state index >= 15 is 0 Å². The SMILES string of the molecule is Cl.O=C(N[C@H]1CCCNC1)C1CCCCN1C(=O)c1cccs1. The van der Waals surface area contributed by atoms with Gasteiger partial charge in [-0.3, -0.25) is 9.59 Å². The average molecular weight is 358 g/mol. The van der Waals surface area contributed by atoms with Crippen molar-refractivity contribution in [3.05, 3.63) is 22.4 Å². The van der Waals surface area contributed by atoms with E-state index < -0.39 is 0 Å². The van der Waals surface area contributed by atoms with Crippen molar-refractivity contribution in [1.29, 1.82) is 0 Å². The summed E-state index contributed by atoms with van der Waals surface area (Å²) in [6, 6.07) is 3.60. The lowest BCUT2D eigenvalue weighted by Gasteiger charge is -2.36. The Morgan fingerprint density at radius 1 is 1.26 bits per heavy atom. The van der Waals surface area contributed by atoms with E-state index in [4.69, 9.17) is 0 Å². The second-order valence-corrected chi connectivity index (χ2v) is 6.99. The van der Waals surface area contributed by atoms with E-state index in [1.165, 1.54) is 11.3 Å². The van der Waals surface area contributed by atoms with Crippen LogP contribution < -0.4 is 10.6 Å². The highest BCUT2D eigenvalue weighted by Gasteiger charge is 2.33. The summed E-state index contributed by atoms with van der Waals surface area (Å²) in [7, 11) is 0. The molecule has 2 aliphatic rings. The fourth-order valence-electron chi connectivity index (χ4n) is 3.26. The van der Waals surface area contributed by atoms with Gasteiger partial charge < -0.3 is 15.5 Å². The summed E-state index contributed by atoms with van der Waals surface area (Å²) in [6.45, 7) is 2.54. The minimum atomic E-state index is -0.315. The van der Waals surface area contributed by atoms with Crippen LogP contribution in [0.4, 0.5) is 0 Å². The number of carbonyl (C=O) groups excluding carboxylic acids is 2. The number of nitrogens with zero attached hydrogens (tertiary/aromatic N) is 1. The Morgan fingerprint density at radius 3 is 2.83 bits per heavy atom. The quantitative estimate of drug-likeness (QED) is 0.870. The normalized spacial score (nSPS) is 24.6. The van der Waals surface area contributed by atoms with E-state index in [1.54, 1.807) is 4.90 Å². The van der Waals surface area contributed by atoms with Crippen molar-refractivity contribution in [3.63, 3.8) is 0 Å². The van der Waals surface area contributed by atoms with E-state index in [-0.39, 0.29) is 36.3 Å². The first kappa shape index (κ1) is 18.2. The van der Waals surface area contributed by atoms with Crippen molar-refractivity contribution in [3.8, 4) is 0 Å². The molecule has 2 fully saturated rings. The molecule has 2 aliphatic heterocycles. The van der Waals surface area contributed by atoms with Crippen LogP contribution in [0.3, 0.4) is 0 Å². The molecular weight excluding hydrogens is 334 g/mol. The number of hydrogen-bond donors (Lipinski definition) is 2. The molecule has 128 valence electrons. The molecular formula is C16H24ClN3O2S. The number of nitrogens with one attached hydrogen (secondary N) is 2. The standard InChI is InChI=1S/C16H23N3O2S.ClH/c20-15(18-12-5-3-8-17-11-12)13-6-1-2-9-19(13)16(21)14-7-4-10-22-14;/h4,7,10,12-13,17H,1-3,5-6,8-9,11H2,(H,18,20);1H/t12-,13?;/m0./s1. The molecule has 2 atom stereocenters. The van der Waals surface area contributed by atoms with Crippen molar-refractivity contribution in [2.45, 2.75) is 44.2 Å². The van der Waals surface area contributed by atoms with Gasteiger partial charge in [-0.1, -0.05) is 6.07 Å². The van der Waals surface area contributed by atoms with Crippen LogP contribution in [0.15, 0.2) is 17.5 Å². The summed E-state index contributed by atoms with van der Waals surface area (Å²) < 4.78 is 0. The Labute approximate surface area is 147 Å². The molecule has 2 saturated heterocycles. The largest absolute Gasteiger partial charge is 0.350 e. The van der Waals surface area contributed by atoms with Gasteiger partial charge in [-0.15, -0.1) is 23.7 Å². The lowest BCUT2D eigenvalue weighted by molar-refractivity contribution is -0.127. The van der Waals surface area contributed by atoms with Gasteiger partial charge in [0, 0.05) is 19.1 Å². The van der Waals surface area contributed by atoms with E-state index in [2.05, 4.69) is 10.6 Å². The van der Waals surface area contributed by atoms with Crippen LogP contribution in [0.2, 0.25) is 0 Å². The second-order valence-electron chi connectivity index (χ2n) is 6.04. The molecule has 1 unspecified atom stereocenters. The third-order valence-corrected chi connectivity index (χ3v) is 5.30. The van der Waals surface area contributed by atoms with Gasteiger partial charge in [-0.2, -0.15) is 0 Å². The minimum Gasteiger partial charge on any atom is -0.350 e. The summed E-state index contributed by atoms with van der Waals surface area (Å²) in [6.07, 6.45) is 4.86. The molecule has 0 spiro atoms. The maximum absolute atomic E-state index is 12.6. The lowest BCUT2D eigenvalue weighted by atomic mass is 10.00. The third kappa shape index (κ3) is 4.46. The predicted molar refractivity (Wildman–Crippen MR) is 94.3 cm³/mol. The average Bonchev–Trinajstić information content (AvgIpc) is 3.09. The topological polar surface area (TPSA) is 61.4 Å². The Bertz CT molecular complexity index is 517. The number of piperidine rings is 2. The Morgan fingerprint density at radius 2 is 2.13 bits per heavy atom. The molecule has 3 rings (SSSR count). The number of halogens is 1. The number of rotatable bonds is 3. The second kappa shape index (κ2) is 8.66. The molecule has 1 aromatic heterocycles. The van der Waals surface area contributed by atoms with Crippen LogP contribution in [-0.2, 0) is 4.79 Å². The molecule has 5 nitrogen and oxygen atoms in total. The maximum Gasteiger partial charge on any atom is 0.264 e. The Balaban J connectivity index is 0.00000192. The molecule has 2 amide bonds. The molecule has 0 bridgehead atoms. The first-order chi connectivity index (χ1) is 10.8. The molecule has 0 saturated carbocycles. The monoisotopic (exact) mass is 357 g/mol. The van der Waals surface area contributed by atoms with Crippen LogP contribution in [0.25, 0.3) is 0 Å². The number of thiophene rings is 1. The van der Waals surface area contributed by atoms with Gasteiger partial charge in [0.05, 0.1) is 4.88 Å². The van der Waals surface area contributed by atoms with Crippen molar-refractivity contribution in [2.24, 2.45) is 0 Å². The molecule has 2 N–H and O–H groups in total. The van der Waals surface area contributed by atoms with Crippen molar-refractivity contribution in [1.82, 2.24) is 15.5 Å². The molecule has 0 aliphatic carbocycles. The van der Waals surface area contributed by atoms with Gasteiger partial charge in [0.25, 0.3) is 5.91 Å². The third-order valence-electron chi connectivity index (χ3n) is 4.44. The number of likely N-dealkylation sites (tertiary alicyclic amines) is 1. The zero-order valence-corrected chi connectivity index (χ0v) is 14.8. The lowest BCUT2D eigenvalue weighted by Crippen LogP contribution is -2.55. The van der Waals surface area contributed by atoms with Gasteiger partial charge in [-0.25, -0.2) is 0 Å². The van der Waals surface area contributed by atoms with Gasteiger partial charge in [0.1, 0.15) is 6.04 Å². The highest BCUT2D eigenvalue weighted by Crippen LogP contribution is 2.22. The molecule has 0 radical (unpaired) electrons. The summed E-state index contributed by atoms with van der Waals surface area (Å²) in [5.74, 6) is 0.00919. The smallest absolute Gasteiger partial charge is 0.264 e. The van der Waals surface area contributed by atoms with Crippen molar-refractivity contribution >= 4 is 35.6 Å². The molecule has 0 aromatic carbocycles. The van der Waals surface area contributed by atoms with Crippen LogP contribution in [0, 0.1) is 0 Å². The summed E-state index contributed by atoms with van der Waals surface area (Å²) >= 11 is 1.44. The summed E-state index contributed by atoms with van der Waals surface area (Å²) in [4.78, 5) is 27.7. The van der Waals surface area contributed by atoms with Gasteiger partial charge in [0.2, 0.25) is 5.91 Å². The Kier molecular flexibility index (Phi) is 6.87. The van der Waals surface area contributed by atoms with Crippen LogP contribution >= 0.6 is 23.7 Å². The molecule has 23 heavy (non-hydrogen) atoms. The molecule has 3 heterocycles. The van der Waals surface area contributed by atoms with Gasteiger partial charge in [0.15, 0.2) is 0 Å². The van der Waals surface area contributed by atoms with Crippen LogP contribution in [0.1, 0.15) is 41.8 Å². The number of amides is 2.